The van der Waals surface area contributed by atoms with Crippen molar-refractivity contribution in [3.63, 3.8) is 0 Å². The highest BCUT2D eigenvalue weighted by atomic mass is 35.5. The Morgan fingerprint density at radius 3 is 2.52 bits per heavy atom. The van der Waals surface area contributed by atoms with Gasteiger partial charge in [-0.2, -0.15) is 0 Å². The van der Waals surface area contributed by atoms with Gasteiger partial charge in [0.1, 0.15) is 0 Å². The van der Waals surface area contributed by atoms with Gasteiger partial charge in [-0.15, -0.1) is 35.0 Å². The molecule has 2 saturated heterocycles. The summed E-state index contributed by atoms with van der Waals surface area (Å²) in [5.41, 5.74) is 3.79. The number of aromatic nitrogens is 3. The molecule has 0 saturated carbocycles. The molecule has 3 aromatic rings. The largest absolute Gasteiger partial charge is 0.340 e. The quantitative estimate of drug-likeness (QED) is 0.652. The van der Waals surface area contributed by atoms with Crippen LogP contribution >= 0.6 is 24.8 Å². The zero-order valence-corrected chi connectivity index (χ0v) is 17.2. The van der Waals surface area contributed by atoms with Crippen molar-refractivity contribution >= 4 is 36.4 Å². The maximum atomic E-state index is 4.46. The molecule has 2 aliphatic rings. The van der Waals surface area contributed by atoms with Crippen LogP contribution in [0.1, 0.15) is 17.2 Å². The fraction of sp³-hybridized carbons (Fsp3) is 0.400. The zero-order valence-electron chi connectivity index (χ0n) is 15.5. The summed E-state index contributed by atoms with van der Waals surface area (Å²) in [7, 11) is 2.27. The molecule has 5 nitrogen and oxygen atoms in total. The van der Waals surface area contributed by atoms with E-state index in [1.165, 1.54) is 11.1 Å². The summed E-state index contributed by atoms with van der Waals surface area (Å²) in [4.78, 5) is 4.96. The number of halogens is 2. The van der Waals surface area contributed by atoms with E-state index >= 15 is 0 Å². The highest BCUT2D eigenvalue weighted by Crippen LogP contribution is 2.45. The highest BCUT2D eigenvalue weighted by Gasteiger charge is 2.47. The van der Waals surface area contributed by atoms with Crippen LogP contribution in [0, 0.1) is 18.8 Å². The second-order valence-corrected chi connectivity index (χ2v) is 7.50. The van der Waals surface area contributed by atoms with Gasteiger partial charge < -0.3 is 4.90 Å². The molecule has 27 heavy (non-hydrogen) atoms. The average Bonchev–Trinajstić information content (AvgIpc) is 3.27. The predicted octanol–water partition coefficient (Wildman–Crippen LogP) is 3.62. The number of hydrogen-bond acceptors (Lipinski definition) is 4. The Morgan fingerprint density at radius 2 is 1.70 bits per heavy atom. The summed E-state index contributed by atoms with van der Waals surface area (Å²) in [5, 5.41) is 8.79. The van der Waals surface area contributed by atoms with Gasteiger partial charge in [0.25, 0.3) is 0 Å². The molecular formula is C20H25Cl2N5. The van der Waals surface area contributed by atoms with Crippen LogP contribution in [0.5, 0.6) is 0 Å². The lowest BCUT2D eigenvalue weighted by molar-refractivity contribution is 0.278. The van der Waals surface area contributed by atoms with E-state index in [1.54, 1.807) is 0 Å². The lowest BCUT2D eigenvalue weighted by Crippen LogP contribution is -2.30. The maximum Gasteiger partial charge on any atom is 0.231 e. The SMILES string of the molecule is Cc1ccccc1[C@H]1[C@@H]2CN(c3nnc4ccccn34)C[C@@H]2CN1C.Cl.Cl. The Labute approximate surface area is 172 Å². The first-order chi connectivity index (χ1) is 12.2. The second kappa shape index (κ2) is 7.66. The summed E-state index contributed by atoms with van der Waals surface area (Å²) < 4.78 is 2.10. The van der Waals surface area contributed by atoms with Crippen molar-refractivity contribution in [2.24, 2.45) is 11.8 Å². The zero-order chi connectivity index (χ0) is 17.0. The Balaban J connectivity index is 0.00000105. The van der Waals surface area contributed by atoms with Crippen LogP contribution in [0.15, 0.2) is 48.7 Å². The molecule has 0 unspecified atom stereocenters. The number of benzene rings is 1. The van der Waals surface area contributed by atoms with Crippen molar-refractivity contribution in [1.82, 2.24) is 19.5 Å². The van der Waals surface area contributed by atoms with Crippen molar-refractivity contribution < 1.29 is 0 Å². The maximum absolute atomic E-state index is 4.46. The number of anilines is 1. The van der Waals surface area contributed by atoms with Gasteiger partial charge in [-0.05, 0) is 43.1 Å². The van der Waals surface area contributed by atoms with E-state index < -0.39 is 0 Å². The second-order valence-electron chi connectivity index (χ2n) is 7.50. The molecule has 7 heteroatoms. The van der Waals surface area contributed by atoms with Crippen LogP contribution in [-0.2, 0) is 0 Å². The van der Waals surface area contributed by atoms with E-state index in [2.05, 4.69) is 68.8 Å². The minimum atomic E-state index is 0. The van der Waals surface area contributed by atoms with Crippen molar-refractivity contribution in [3.8, 4) is 0 Å². The fourth-order valence-corrected chi connectivity index (χ4v) is 4.85. The van der Waals surface area contributed by atoms with Gasteiger partial charge >= 0.3 is 0 Å². The van der Waals surface area contributed by atoms with Crippen molar-refractivity contribution in [1.29, 1.82) is 0 Å². The van der Waals surface area contributed by atoms with E-state index in [-0.39, 0.29) is 24.8 Å². The molecular weight excluding hydrogens is 381 g/mol. The van der Waals surface area contributed by atoms with Crippen molar-refractivity contribution in [3.05, 3.63) is 59.8 Å². The standard InChI is InChI=1S/C20H23N5.2ClH/c1-14-7-3-4-8-16(14)19-17-13-24(12-15(17)11-23(19)2)20-22-21-18-9-5-6-10-25(18)20;;/h3-10,15,17,19H,11-13H2,1-2H3;2*1H/t15-,17+,19-;;/m0../s1. The summed E-state index contributed by atoms with van der Waals surface area (Å²) in [5.74, 6) is 2.31. The Kier molecular flexibility index (Phi) is 5.65. The Hall–Kier alpha value is -1.82. The molecule has 2 fully saturated rings. The molecule has 2 aromatic heterocycles. The third-order valence-electron chi connectivity index (χ3n) is 5.98. The van der Waals surface area contributed by atoms with E-state index in [4.69, 9.17) is 0 Å². The van der Waals surface area contributed by atoms with Gasteiger partial charge in [0.2, 0.25) is 5.95 Å². The predicted molar refractivity (Wildman–Crippen MR) is 113 cm³/mol. The summed E-state index contributed by atoms with van der Waals surface area (Å²) in [6, 6.07) is 15.4. The third kappa shape index (κ3) is 3.18. The molecule has 144 valence electrons. The number of nitrogens with zero attached hydrogens (tertiary/aromatic N) is 5. The Bertz CT molecular complexity index is 927. The minimum absolute atomic E-state index is 0. The van der Waals surface area contributed by atoms with E-state index in [1.807, 2.05) is 18.2 Å². The molecule has 0 spiro atoms. The van der Waals surface area contributed by atoms with Crippen LogP contribution in [0.25, 0.3) is 5.65 Å². The van der Waals surface area contributed by atoms with Crippen molar-refractivity contribution in [2.75, 3.05) is 31.6 Å². The van der Waals surface area contributed by atoms with E-state index in [9.17, 15) is 0 Å². The normalized spacial score (nSPS) is 24.5. The van der Waals surface area contributed by atoms with Gasteiger partial charge in [0.15, 0.2) is 5.65 Å². The summed E-state index contributed by atoms with van der Waals surface area (Å²) >= 11 is 0. The lowest BCUT2D eigenvalue weighted by atomic mass is 9.88. The first-order valence-electron chi connectivity index (χ1n) is 9.03. The molecule has 0 aliphatic carbocycles. The molecule has 0 radical (unpaired) electrons. The van der Waals surface area contributed by atoms with Crippen LogP contribution < -0.4 is 4.90 Å². The number of pyridine rings is 1. The first kappa shape index (κ1) is 19.9. The van der Waals surface area contributed by atoms with Crippen molar-refractivity contribution in [2.45, 2.75) is 13.0 Å². The third-order valence-corrected chi connectivity index (χ3v) is 5.98. The van der Waals surface area contributed by atoms with Crippen LogP contribution in [0.2, 0.25) is 0 Å². The average molecular weight is 406 g/mol. The molecule has 0 amide bonds. The van der Waals surface area contributed by atoms with Gasteiger partial charge in [0, 0.05) is 37.8 Å². The van der Waals surface area contributed by atoms with Gasteiger partial charge in [-0.25, -0.2) is 0 Å². The number of likely N-dealkylation sites (tertiary alicyclic amines) is 1. The number of aryl methyl sites for hydroxylation is 1. The van der Waals surface area contributed by atoms with Crippen LogP contribution in [-0.4, -0.2) is 46.2 Å². The molecule has 1 aromatic carbocycles. The first-order valence-corrected chi connectivity index (χ1v) is 9.03. The summed E-state index contributed by atoms with van der Waals surface area (Å²) in [6.07, 6.45) is 2.06. The molecule has 4 heterocycles. The Morgan fingerprint density at radius 1 is 0.926 bits per heavy atom. The molecule has 0 N–H and O–H groups in total. The van der Waals surface area contributed by atoms with E-state index in [0.717, 1.165) is 31.2 Å². The number of rotatable bonds is 2. The monoisotopic (exact) mass is 405 g/mol. The van der Waals surface area contributed by atoms with Gasteiger partial charge in [-0.1, -0.05) is 30.3 Å². The van der Waals surface area contributed by atoms with Gasteiger partial charge in [-0.3, -0.25) is 9.30 Å². The lowest BCUT2D eigenvalue weighted by Gasteiger charge is -2.28. The number of fused-ring (bicyclic) bond motifs is 2. The molecule has 5 rings (SSSR count). The van der Waals surface area contributed by atoms with Gasteiger partial charge in [0.05, 0.1) is 0 Å². The molecule has 2 aliphatic heterocycles. The smallest absolute Gasteiger partial charge is 0.231 e. The highest BCUT2D eigenvalue weighted by molar-refractivity contribution is 5.85. The molecule has 3 atom stereocenters. The number of hydrogen-bond donors (Lipinski definition) is 0. The molecule has 0 bridgehead atoms. The fourth-order valence-electron chi connectivity index (χ4n) is 4.85. The van der Waals surface area contributed by atoms with Crippen LogP contribution in [0.3, 0.4) is 0 Å². The minimum Gasteiger partial charge on any atom is -0.340 e. The van der Waals surface area contributed by atoms with E-state index in [0.29, 0.717) is 17.9 Å². The van der Waals surface area contributed by atoms with Crippen LogP contribution in [0.4, 0.5) is 5.95 Å². The summed E-state index contributed by atoms with van der Waals surface area (Å²) in [6.45, 7) is 5.49. The topological polar surface area (TPSA) is 36.7 Å².